The van der Waals surface area contributed by atoms with E-state index in [-0.39, 0.29) is 17.6 Å². The van der Waals surface area contributed by atoms with Crippen molar-refractivity contribution in [3.63, 3.8) is 0 Å². The van der Waals surface area contributed by atoms with E-state index in [9.17, 15) is 4.39 Å². The van der Waals surface area contributed by atoms with Crippen LogP contribution in [0.1, 0.15) is 5.56 Å². The van der Waals surface area contributed by atoms with Gasteiger partial charge in [0.05, 0.1) is 7.11 Å². The molecule has 94 valence electrons. The van der Waals surface area contributed by atoms with Crippen molar-refractivity contribution < 1.29 is 9.13 Å². The molecule has 1 aromatic heterocycles. The van der Waals surface area contributed by atoms with E-state index in [2.05, 4.69) is 15.3 Å². The van der Waals surface area contributed by atoms with Crippen molar-refractivity contribution in [3.8, 4) is 5.75 Å². The molecule has 2 rings (SSSR count). The fourth-order valence-electron chi connectivity index (χ4n) is 1.43. The van der Waals surface area contributed by atoms with Crippen molar-refractivity contribution in [2.45, 2.75) is 6.54 Å². The Morgan fingerprint density at radius 3 is 2.94 bits per heavy atom. The molecule has 1 aromatic carbocycles. The van der Waals surface area contributed by atoms with Gasteiger partial charge in [-0.2, -0.15) is 0 Å². The summed E-state index contributed by atoms with van der Waals surface area (Å²) in [5.41, 5.74) is 0.490. The minimum atomic E-state index is -0.302. The Morgan fingerprint density at radius 1 is 1.39 bits per heavy atom. The van der Waals surface area contributed by atoms with Crippen molar-refractivity contribution in [1.82, 2.24) is 9.97 Å². The van der Waals surface area contributed by atoms with E-state index >= 15 is 0 Å². The van der Waals surface area contributed by atoms with Crippen LogP contribution in [0.4, 0.5) is 10.2 Å². The molecule has 0 aliphatic heterocycles. The molecule has 1 heterocycles. The lowest BCUT2D eigenvalue weighted by Crippen LogP contribution is -2.04. The summed E-state index contributed by atoms with van der Waals surface area (Å²) in [4.78, 5) is 7.71. The van der Waals surface area contributed by atoms with Gasteiger partial charge in [-0.05, 0) is 35.9 Å². The van der Waals surface area contributed by atoms with Gasteiger partial charge in [0, 0.05) is 18.3 Å². The molecular formula is C12H11ClFN3O. The van der Waals surface area contributed by atoms with Gasteiger partial charge in [-0.15, -0.1) is 0 Å². The highest BCUT2D eigenvalue weighted by Gasteiger charge is 2.04. The Morgan fingerprint density at radius 2 is 2.22 bits per heavy atom. The second kappa shape index (κ2) is 5.64. The van der Waals surface area contributed by atoms with Crippen molar-refractivity contribution in [2.24, 2.45) is 0 Å². The number of benzene rings is 1. The summed E-state index contributed by atoms with van der Waals surface area (Å²) in [6, 6.07) is 6.22. The van der Waals surface area contributed by atoms with Gasteiger partial charge in [-0.25, -0.2) is 14.4 Å². The quantitative estimate of drug-likeness (QED) is 0.866. The molecule has 0 aliphatic carbocycles. The number of hydrogen-bond acceptors (Lipinski definition) is 4. The average molecular weight is 268 g/mol. The zero-order valence-electron chi connectivity index (χ0n) is 9.65. The number of hydrogen-bond donors (Lipinski definition) is 1. The van der Waals surface area contributed by atoms with Crippen LogP contribution in [0.15, 0.2) is 30.5 Å². The smallest absolute Gasteiger partial charge is 0.224 e. The van der Waals surface area contributed by atoms with E-state index in [1.807, 2.05) is 0 Å². The zero-order chi connectivity index (χ0) is 13.0. The predicted molar refractivity (Wildman–Crippen MR) is 67.3 cm³/mol. The van der Waals surface area contributed by atoms with E-state index in [0.717, 1.165) is 0 Å². The van der Waals surface area contributed by atoms with Crippen LogP contribution in [0.25, 0.3) is 0 Å². The van der Waals surface area contributed by atoms with Crippen LogP contribution in [0.3, 0.4) is 0 Å². The number of halogens is 2. The molecule has 2 aromatic rings. The first-order valence-electron chi connectivity index (χ1n) is 5.24. The van der Waals surface area contributed by atoms with Crippen molar-refractivity contribution in [3.05, 3.63) is 47.1 Å². The van der Waals surface area contributed by atoms with Gasteiger partial charge in [0.25, 0.3) is 0 Å². The summed E-state index contributed by atoms with van der Waals surface area (Å²) < 4.78 is 18.6. The molecule has 0 aliphatic rings. The second-order valence-electron chi connectivity index (χ2n) is 3.52. The fraction of sp³-hybridized carbons (Fsp3) is 0.167. The third-order valence-corrected chi connectivity index (χ3v) is 2.52. The molecule has 0 atom stereocenters. The monoisotopic (exact) mass is 267 g/mol. The van der Waals surface area contributed by atoms with E-state index in [4.69, 9.17) is 16.3 Å². The van der Waals surface area contributed by atoms with Crippen LogP contribution in [0, 0.1) is 5.82 Å². The number of aromatic nitrogens is 2. The Bertz CT molecular complexity index is 551. The van der Waals surface area contributed by atoms with E-state index in [0.29, 0.717) is 17.1 Å². The van der Waals surface area contributed by atoms with Gasteiger partial charge < -0.3 is 10.1 Å². The van der Waals surface area contributed by atoms with Crippen LogP contribution in [0.2, 0.25) is 5.28 Å². The second-order valence-corrected chi connectivity index (χ2v) is 3.86. The molecule has 0 saturated heterocycles. The first kappa shape index (κ1) is 12.6. The number of rotatable bonds is 4. The maximum absolute atomic E-state index is 13.5. The van der Waals surface area contributed by atoms with Gasteiger partial charge in [0.2, 0.25) is 5.28 Å². The van der Waals surface area contributed by atoms with Gasteiger partial charge in [0.1, 0.15) is 17.4 Å². The molecule has 0 radical (unpaired) electrons. The largest absolute Gasteiger partial charge is 0.497 e. The van der Waals surface area contributed by atoms with Crippen molar-refractivity contribution in [1.29, 1.82) is 0 Å². The molecule has 0 spiro atoms. The normalized spacial score (nSPS) is 10.2. The standard InChI is InChI=1S/C12H11ClFN3O/c1-18-9-2-3-10(14)8(6-9)7-16-11-4-5-15-12(13)17-11/h2-6H,7H2,1H3,(H,15,16,17). The third-order valence-electron chi connectivity index (χ3n) is 2.34. The predicted octanol–water partition coefficient (Wildman–Crippen LogP) is 2.89. The molecule has 4 nitrogen and oxygen atoms in total. The Labute approximate surface area is 109 Å². The maximum Gasteiger partial charge on any atom is 0.224 e. The van der Waals surface area contributed by atoms with E-state index < -0.39 is 0 Å². The zero-order valence-corrected chi connectivity index (χ0v) is 10.4. The van der Waals surface area contributed by atoms with E-state index in [1.54, 1.807) is 18.2 Å². The minimum Gasteiger partial charge on any atom is -0.497 e. The molecule has 0 bridgehead atoms. The maximum atomic E-state index is 13.5. The third kappa shape index (κ3) is 3.07. The van der Waals surface area contributed by atoms with Crippen LogP contribution >= 0.6 is 11.6 Å². The highest BCUT2D eigenvalue weighted by Crippen LogP contribution is 2.17. The Balaban J connectivity index is 2.10. The number of nitrogens with zero attached hydrogens (tertiary/aromatic N) is 2. The number of anilines is 1. The summed E-state index contributed by atoms with van der Waals surface area (Å²) in [5, 5.41) is 3.11. The minimum absolute atomic E-state index is 0.145. The Kier molecular flexibility index (Phi) is 3.94. The number of ether oxygens (including phenoxy) is 1. The molecule has 18 heavy (non-hydrogen) atoms. The lowest BCUT2D eigenvalue weighted by molar-refractivity contribution is 0.413. The molecule has 0 unspecified atom stereocenters. The topological polar surface area (TPSA) is 47.0 Å². The average Bonchev–Trinajstić information content (AvgIpc) is 2.38. The molecule has 0 fully saturated rings. The lowest BCUT2D eigenvalue weighted by atomic mass is 10.2. The van der Waals surface area contributed by atoms with Gasteiger partial charge in [-0.3, -0.25) is 0 Å². The molecule has 0 amide bonds. The van der Waals surface area contributed by atoms with Gasteiger partial charge in [-0.1, -0.05) is 0 Å². The first-order chi connectivity index (χ1) is 8.69. The van der Waals surface area contributed by atoms with Gasteiger partial charge in [0.15, 0.2) is 0 Å². The van der Waals surface area contributed by atoms with E-state index in [1.165, 1.54) is 19.4 Å². The van der Waals surface area contributed by atoms with Gasteiger partial charge >= 0.3 is 0 Å². The summed E-state index contributed by atoms with van der Waals surface area (Å²) in [7, 11) is 1.54. The van der Waals surface area contributed by atoms with Crippen molar-refractivity contribution >= 4 is 17.4 Å². The van der Waals surface area contributed by atoms with Crippen LogP contribution in [-0.4, -0.2) is 17.1 Å². The first-order valence-corrected chi connectivity index (χ1v) is 5.61. The molecule has 0 saturated carbocycles. The highest BCUT2D eigenvalue weighted by atomic mass is 35.5. The fourth-order valence-corrected chi connectivity index (χ4v) is 1.58. The number of methoxy groups -OCH3 is 1. The van der Waals surface area contributed by atoms with Crippen LogP contribution in [0.5, 0.6) is 5.75 Å². The summed E-state index contributed by atoms with van der Waals surface area (Å²) in [6.07, 6.45) is 1.53. The molecule has 1 N–H and O–H groups in total. The van der Waals surface area contributed by atoms with Crippen molar-refractivity contribution in [2.75, 3.05) is 12.4 Å². The summed E-state index contributed by atoms with van der Waals surface area (Å²) in [5.74, 6) is 0.842. The summed E-state index contributed by atoms with van der Waals surface area (Å²) in [6.45, 7) is 0.288. The van der Waals surface area contributed by atoms with Crippen LogP contribution in [-0.2, 0) is 6.54 Å². The Hall–Kier alpha value is -1.88. The summed E-state index contributed by atoms with van der Waals surface area (Å²) >= 11 is 5.65. The molecule has 6 heteroatoms. The highest BCUT2D eigenvalue weighted by molar-refractivity contribution is 6.28. The van der Waals surface area contributed by atoms with Crippen LogP contribution < -0.4 is 10.1 Å². The SMILES string of the molecule is COc1ccc(F)c(CNc2ccnc(Cl)n2)c1. The lowest BCUT2D eigenvalue weighted by Gasteiger charge is -2.08. The number of nitrogens with one attached hydrogen (secondary N) is 1. The molecular weight excluding hydrogens is 257 g/mol.